The molecule has 0 saturated carbocycles. The summed E-state index contributed by atoms with van der Waals surface area (Å²) in [7, 11) is 0. The van der Waals surface area contributed by atoms with E-state index in [1.165, 1.54) is 31.2 Å². The Morgan fingerprint density at radius 2 is 2.00 bits per heavy atom. The van der Waals surface area contributed by atoms with Gasteiger partial charge < -0.3 is 4.57 Å². The van der Waals surface area contributed by atoms with E-state index in [1.54, 1.807) is 0 Å². The van der Waals surface area contributed by atoms with Gasteiger partial charge in [0.1, 0.15) is 5.52 Å². The van der Waals surface area contributed by atoms with E-state index < -0.39 is 0 Å². The molecule has 2 aromatic rings. The molecule has 0 N–H and O–H groups in total. The number of nitrogens with zero attached hydrogens (tertiary/aromatic N) is 3. The zero-order chi connectivity index (χ0) is 12.8. The van der Waals surface area contributed by atoms with E-state index >= 15 is 0 Å². The largest absolute Gasteiger partial charge is 0.306 e. The highest BCUT2D eigenvalue weighted by Crippen LogP contribution is 2.14. The normalized spacial score (nSPS) is 11.2. The molecule has 3 nitrogen and oxygen atoms in total. The molecule has 18 heavy (non-hydrogen) atoms. The van der Waals surface area contributed by atoms with E-state index in [2.05, 4.69) is 36.2 Å². The summed E-state index contributed by atoms with van der Waals surface area (Å²) < 4.78 is 2.04. The summed E-state index contributed by atoms with van der Waals surface area (Å²) in [4.78, 5) is 8.88. The van der Waals surface area contributed by atoms with E-state index in [9.17, 15) is 0 Å². The van der Waals surface area contributed by atoms with Gasteiger partial charge in [0.25, 0.3) is 0 Å². The Bertz CT molecular complexity index is 487. The van der Waals surface area contributed by atoms with E-state index in [-0.39, 0.29) is 0 Å². The first-order valence-corrected chi connectivity index (χ1v) is 7.08. The van der Waals surface area contributed by atoms with E-state index in [0.29, 0.717) is 0 Å². The molecule has 1 radical (unpaired) electrons. The molecule has 0 aliphatic heterocycles. The van der Waals surface area contributed by atoms with Crippen LogP contribution in [0.15, 0.2) is 12.3 Å². The summed E-state index contributed by atoms with van der Waals surface area (Å²) in [5.74, 6) is 0. The fourth-order valence-corrected chi connectivity index (χ4v) is 2.13. The molecule has 0 aliphatic carbocycles. The van der Waals surface area contributed by atoms with Crippen LogP contribution in [0.2, 0.25) is 0 Å². The molecule has 97 valence electrons. The first-order valence-electron chi connectivity index (χ1n) is 7.08. The molecule has 0 aromatic carbocycles. The van der Waals surface area contributed by atoms with E-state index in [1.807, 2.05) is 10.8 Å². The molecular weight excluding hydrogens is 222 g/mol. The summed E-state index contributed by atoms with van der Waals surface area (Å²) in [6, 6.07) is 2.16. The highest BCUT2D eigenvalue weighted by atomic mass is 15.1. The monoisotopic (exact) mass is 244 g/mol. The summed E-state index contributed by atoms with van der Waals surface area (Å²) >= 11 is 0. The van der Waals surface area contributed by atoms with Crippen LogP contribution in [0.1, 0.15) is 51.5 Å². The quantitative estimate of drug-likeness (QED) is 0.694. The summed E-state index contributed by atoms with van der Waals surface area (Å²) in [5, 5.41) is 0. The minimum absolute atomic E-state index is 0.967. The van der Waals surface area contributed by atoms with Crippen molar-refractivity contribution in [2.24, 2.45) is 0 Å². The molecule has 0 amide bonds. The van der Waals surface area contributed by atoms with Crippen LogP contribution in [0.3, 0.4) is 0 Å². The van der Waals surface area contributed by atoms with Gasteiger partial charge in [-0.15, -0.1) is 0 Å². The number of hydrogen-bond acceptors (Lipinski definition) is 2. The molecule has 3 heteroatoms. The molecule has 0 saturated heterocycles. The van der Waals surface area contributed by atoms with Crippen molar-refractivity contribution in [3.05, 3.63) is 24.2 Å². The maximum absolute atomic E-state index is 4.54. The summed E-state index contributed by atoms with van der Waals surface area (Å²) in [5.41, 5.74) is 3.26. The smallest absolute Gasteiger partial charge is 0.178 e. The number of aromatic nitrogens is 3. The lowest BCUT2D eigenvalue weighted by Gasteiger charge is -2.03. The summed E-state index contributed by atoms with van der Waals surface area (Å²) in [6.45, 7) is 5.39. The second-order valence-electron chi connectivity index (χ2n) is 4.86. The van der Waals surface area contributed by atoms with Crippen molar-refractivity contribution in [1.82, 2.24) is 14.5 Å². The first-order chi connectivity index (χ1) is 8.85. The van der Waals surface area contributed by atoms with Crippen molar-refractivity contribution in [1.29, 1.82) is 0 Å². The van der Waals surface area contributed by atoms with Crippen LogP contribution < -0.4 is 0 Å². The number of hydrogen-bond donors (Lipinski definition) is 0. The number of fused-ring (bicyclic) bond motifs is 1. The van der Waals surface area contributed by atoms with Gasteiger partial charge in [-0.25, -0.2) is 9.97 Å². The third kappa shape index (κ3) is 3.09. The third-order valence-electron chi connectivity index (χ3n) is 3.25. The van der Waals surface area contributed by atoms with Gasteiger partial charge in [-0.3, -0.25) is 0 Å². The standard InChI is InChI=1S/C15H22N3/c1-3-5-7-8-13-10-14-15(16-11-13)18(12-17-14)9-6-4-2/h10-11H,3-9H2,1-2H3. The Hall–Kier alpha value is -1.38. The molecular formula is C15H22N3. The van der Waals surface area contributed by atoms with Gasteiger partial charge in [0.15, 0.2) is 12.0 Å². The van der Waals surface area contributed by atoms with Crippen molar-refractivity contribution in [2.75, 3.05) is 0 Å². The fraction of sp³-hybridized carbons (Fsp3) is 0.600. The molecule has 2 heterocycles. The van der Waals surface area contributed by atoms with Crippen LogP contribution in [0, 0.1) is 6.33 Å². The number of rotatable bonds is 7. The Morgan fingerprint density at radius 1 is 1.17 bits per heavy atom. The first kappa shape index (κ1) is 13.1. The van der Waals surface area contributed by atoms with Crippen LogP contribution >= 0.6 is 0 Å². The van der Waals surface area contributed by atoms with Crippen molar-refractivity contribution < 1.29 is 0 Å². The number of unbranched alkanes of at least 4 members (excludes halogenated alkanes) is 3. The highest BCUT2D eigenvalue weighted by Gasteiger charge is 2.05. The average molecular weight is 244 g/mol. The molecule has 0 spiro atoms. The van der Waals surface area contributed by atoms with Crippen molar-refractivity contribution in [3.63, 3.8) is 0 Å². The van der Waals surface area contributed by atoms with Crippen LogP contribution in [-0.4, -0.2) is 14.5 Å². The second-order valence-corrected chi connectivity index (χ2v) is 4.86. The molecule has 0 atom stereocenters. The number of pyridine rings is 1. The lowest BCUT2D eigenvalue weighted by Crippen LogP contribution is -1.97. The maximum atomic E-state index is 4.54. The fourth-order valence-electron chi connectivity index (χ4n) is 2.13. The number of aryl methyl sites for hydroxylation is 2. The Labute approximate surface area is 109 Å². The predicted octanol–water partition coefficient (Wildman–Crippen LogP) is 3.76. The zero-order valence-electron chi connectivity index (χ0n) is 11.4. The maximum Gasteiger partial charge on any atom is 0.178 e. The molecule has 2 rings (SSSR count). The minimum Gasteiger partial charge on any atom is -0.306 e. The average Bonchev–Trinajstić information content (AvgIpc) is 2.79. The lowest BCUT2D eigenvalue weighted by molar-refractivity contribution is 0.638. The molecule has 0 unspecified atom stereocenters. The Morgan fingerprint density at radius 3 is 2.78 bits per heavy atom. The molecule has 0 bridgehead atoms. The SMILES string of the molecule is CCCCCc1cnc2c(c1)n[c]n2CCCC. The highest BCUT2D eigenvalue weighted by molar-refractivity contribution is 5.70. The lowest BCUT2D eigenvalue weighted by atomic mass is 10.1. The topological polar surface area (TPSA) is 30.7 Å². The van der Waals surface area contributed by atoms with Gasteiger partial charge in [0, 0.05) is 12.7 Å². The van der Waals surface area contributed by atoms with Crippen LogP contribution in [0.25, 0.3) is 11.2 Å². The van der Waals surface area contributed by atoms with Gasteiger partial charge in [-0.1, -0.05) is 33.1 Å². The molecule has 0 aliphatic rings. The van der Waals surface area contributed by atoms with Crippen LogP contribution in [0.4, 0.5) is 0 Å². The van der Waals surface area contributed by atoms with Gasteiger partial charge in [0.05, 0.1) is 0 Å². The van der Waals surface area contributed by atoms with Crippen molar-refractivity contribution in [2.45, 2.75) is 58.9 Å². The van der Waals surface area contributed by atoms with Crippen molar-refractivity contribution >= 4 is 11.2 Å². The van der Waals surface area contributed by atoms with Crippen molar-refractivity contribution in [3.8, 4) is 0 Å². The molecule has 0 fully saturated rings. The van der Waals surface area contributed by atoms with Gasteiger partial charge in [-0.05, 0) is 30.9 Å². The molecule has 2 aromatic heterocycles. The van der Waals surface area contributed by atoms with E-state index in [4.69, 9.17) is 0 Å². The third-order valence-corrected chi connectivity index (χ3v) is 3.25. The van der Waals surface area contributed by atoms with Crippen LogP contribution in [0.5, 0.6) is 0 Å². The Kier molecular flexibility index (Phi) is 4.73. The second kappa shape index (κ2) is 6.53. The minimum atomic E-state index is 0.967. The Balaban J connectivity index is 2.10. The van der Waals surface area contributed by atoms with Crippen LogP contribution in [-0.2, 0) is 13.0 Å². The van der Waals surface area contributed by atoms with E-state index in [0.717, 1.165) is 30.6 Å². The summed E-state index contributed by atoms with van der Waals surface area (Å²) in [6.07, 6.45) is 12.3. The number of imidazole rings is 1. The van der Waals surface area contributed by atoms with Gasteiger partial charge >= 0.3 is 0 Å². The zero-order valence-corrected chi connectivity index (χ0v) is 11.4. The predicted molar refractivity (Wildman–Crippen MR) is 74.5 cm³/mol. The van der Waals surface area contributed by atoms with Gasteiger partial charge in [0.2, 0.25) is 0 Å². The van der Waals surface area contributed by atoms with Gasteiger partial charge in [-0.2, -0.15) is 0 Å².